The van der Waals surface area contributed by atoms with Gasteiger partial charge in [0.25, 0.3) is 0 Å². The van der Waals surface area contributed by atoms with E-state index in [2.05, 4.69) is 5.32 Å². The first kappa shape index (κ1) is 20.4. The number of aryl methyl sites for hydroxylation is 1. The van der Waals surface area contributed by atoms with E-state index in [-0.39, 0.29) is 18.0 Å². The van der Waals surface area contributed by atoms with Crippen molar-refractivity contribution in [3.05, 3.63) is 65.6 Å². The summed E-state index contributed by atoms with van der Waals surface area (Å²) in [4.78, 5) is 26.4. The van der Waals surface area contributed by atoms with Crippen LogP contribution >= 0.6 is 0 Å². The second-order valence-corrected chi connectivity index (χ2v) is 6.61. The van der Waals surface area contributed by atoms with Crippen molar-refractivity contribution in [3.63, 3.8) is 0 Å². The molecule has 1 heterocycles. The number of rotatable bonds is 5. The lowest BCUT2D eigenvalue weighted by Crippen LogP contribution is -2.37. The van der Waals surface area contributed by atoms with E-state index in [0.717, 1.165) is 5.56 Å². The van der Waals surface area contributed by atoms with Crippen LogP contribution in [0.4, 0.5) is 14.9 Å². The van der Waals surface area contributed by atoms with Crippen molar-refractivity contribution in [1.82, 2.24) is 4.90 Å². The second-order valence-electron chi connectivity index (χ2n) is 6.61. The van der Waals surface area contributed by atoms with Crippen molar-refractivity contribution in [1.29, 1.82) is 0 Å². The molecule has 1 aliphatic heterocycles. The first-order valence-electron chi connectivity index (χ1n) is 9.27. The Bertz CT molecular complexity index is 941. The number of carbonyl (C=O) groups excluding carboxylic acids is 2. The molecule has 0 aliphatic carbocycles. The summed E-state index contributed by atoms with van der Waals surface area (Å²) in [7, 11) is 3.08. The highest BCUT2D eigenvalue weighted by atomic mass is 19.1. The molecule has 0 aromatic heterocycles. The van der Waals surface area contributed by atoms with Gasteiger partial charge in [0.15, 0.2) is 17.3 Å². The SMILES string of the molecule is CCc1cc(OC)c(OC)cc1NC(=O)N1C=CC(=O)C[C@H]1c1ccc(F)cc1. The monoisotopic (exact) mass is 398 g/mol. The van der Waals surface area contributed by atoms with Crippen LogP contribution < -0.4 is 14.8 Å². The molecule has 0 fully saturated rings. The molecule has 1 atom stereocenters. The highest BCUT2D eigenvalue weighted by molar-refractivity contribution is 5.96. The molecule has 2 aromatic rings. The Labute approximate surface area is 168 Å². The number of nitrogens with zero attached hydrogens (tertiary/aromatic N) is 1. The third kappa shape index (κ3) is 4.39. The zero-order valence-corrected chi connectivity index (χ0v) is 16.6. The maximum Gasteiger partial charge on any atom is 0.326 e. The topological polar surface area (TPSA) is 67.9 Å². The average molecular weight is 398 g/mol. The van der Waals surface area contributed by atoms with E-state index in [1.165, 1.54) is 36.4 Å². The van der Waals surface area contributed by atoms with Crippen molar-refractivity contribution >= 4 is 17.5 Å². The lowest BCUT2D eigenvalue weighted by Gasteiger charge is -2.31. The minimum absolute atomic E-state index is 0.0938. The first-order valence-corrected chi connectivity index (χ1v) is 9.27. The number of amides is 2. The van der Waals surface area contributed by atoms with Crippen LogP contribution in [0.2, 0.25) is 0 Å². The molecule has 0 saturated carbocycles. The van der Waals surface area contributed by atoms with Gasteiger partial charge in [-0.25, -0.2) is 9.18 Å². The summed E-state index contributed by atoms with van der Waals surface area (Å²) in [5, 5.41) is 2.90. The van der Waals surface area contributed by atoms with E-state index < -0.39 is 12.1 Å². The van der Waals surface area contributed by atoms with Crippen molar-refractivity contribution in [2.75, 3.05) is 19.5 Å². The predicted octanol–water partition coefficient (Wildman–Crippen LogP) is 4.47. The Morgan fingerprint density at radius 1 is 1.17 bits per heavy atom. The summed E-state index contributed by atoms with van der Waals surface area (Å²) >= 11 is 0. The summed E-state index contributed by atoms with van der Waals surface area (Å²) in [6, 6.07) is 8.42. The molecule has 6 nitrogen and oxygen atoms in total. The van der Waals surface area contributed by atoms with Crippen LogP contribution in [0.5, 0.6) is 11.5 Å². The Balaban J connectivity index is 1.91. The molecular formula is C22H23FN2O4. The largest absolute Gasteiger partial charge is 0.493 e. The van der Waals surface area contributed by atoms with Crippen molar-refractivity contribution in [2.45, 2.75) is 25.8 Å². The van der Waals surface area contributed by atoms with Crippen LogP contribution in [0.1, 0.15) is 30.5 Å². The summed E-state index contributed by atoms with van der Waals surface area (Å²) in [5.41, 5.74) is 2.16. The third-order valence-corrected chi connectivity index (χ3v) is 4.87. The van der Waals surface area contributed by atoms with E-state index in [4.69, 9.17) is 9.47 Å². The Kier molecular flexibility index (Phi) is 6.16. The van der Waals surface area contributed by atoms with E-state index in [9.17, 15) is 14.0 Å². The number of hydrogen-bond donors (Lipinski definition) is 1. The standard InChI is InChI=1S/C22H23FN2O4/c1-4-14-11-20(28-2)21(29-3)13-18(14)24-22(27)25-10-9-17(26)12-19(25)15-5-7-16(23)8-6-15/h5-11,13,19H,4,12H2,1-3H3,(H,24,27)/t19-/m0/s1. The van der Waals surface area contributed by atoms with E-state index in [1.807, 2.05) is 13.0 Å². The molecular weight excluding hydrogens is 375 g/mol. The molecule has 3 rings (SSSR count). The summed E-state index contributed by atoms with van der Waals surface area (Å²) in [6.07, 6.45) is 3.63. The molecule has 0 bridgehead atoms. The van der Waals surface area contributed by atoms with Crippen LogP contribution in [-0.4, -0.2) is 30.9 Å². The highest BCUT2D eigenvalue weighted by Crippen LogP contribution is 2.35. The van der Waals surface area contributed by atoms with Gasteiger partial charge in [-0.05, 0) is 41.8 Å². The predicted molar refractivity (Wildman–Crippen MR) is 108 cm³/mol. The summed E-state index contributed by atoms with van der Waals surface area (Å²) < 4.78 is 24.0. The Morgan fingerprint density at radius 3 is 2.45 bits per heavy atom. The smallest absolute Gasteiger partial charge is 0.326 e. The molecule has 1 N–H and O–H groups in total. The maximum atomic E-state index is 13.3. The van der Waals surface area contributed by atoms with Gasteiger partial charge in [0.05, 0.1) is 20.3 Å². The number of allylic oxidation sites excluding steroid dienone is 1. The van der Waals surface area contributed by atoms with Gasteiger partial charge in [-0.1, -0.05) is 19.1 Å². The highest BCUT2D eigenvalue weighted by Gasteiger charge is 2.29. The van der Waals surface area contributed by atoms with Gasteiger partial charge in [-0.2, -0.15) is 0 Å². The van der Waals surface area contributed by atoms with Gasteiger partial charge in [-0.3, -0.25) is 9.69 Å². The number of ether oxygens (including phenoxy) is 2. The van der Waals surface area contributed by atoms with Crippen LogP contribution in [-0.2, 0) is 11.2 Å². The van der Waals surface area contributed by atoms with Crippen molar-refractivity contribution < 1.29 is 23.5 Å². The zero-order valence-electron chi connectivity index (χ0n) is 16.6. The molecule has 1 aliphatic rings. The normalized spacial score (nSPS) is 15.9. The number of ketones is 1. The van der Waals surface area contributed by atoms with Gasteiger partial charge in [0, 0.05) is 24.4 Å². The van der Waals surface area contributed by atoms with Crippen LogP contribution in [0, 0.1) is 5.82 Å². The fourth-order valence-corrected chi connectivity index (χ4v) is 3.31. The number of methoxy groups -OCH3 is 2. The van der Waals surface area contributed by atoms with Crippen molar-refractivity contribution in [3.8, 4) is 11.5 Å². The number of carbonyl (C=O) groups is 2. The van der Waals surface area contributed by atoms with Crippen LogP contribution in [0.15, 0.2) is 48.7 Å². The van der Waals surface area contributed by atoms with Gasteiger partial charge in [0.1, 0.15) is 5.82 Å². The zero-order chi connectivity index (χ0) is 21.0. The van der Waals surface area contributed by atoms with Gasteiger partial charge >= 0.3 is 6.03 Å². The molecule has 0 saturated heterocycles. The van der Waals surface area contributed by atoms with E-state index in [1.54, 1.807) is 25.3 Å². The number of urea groups is 1. The molecule has 0 radical (unpaired) electrons. The van der Waals surface area contributed by atoms with E-state index >= 15 is 0 Å². The third-order valence-electron chi connectivity index (χ3n) is 4.87. The number of hydrogen-bond acceptors (Lipinski definition) is 4. The van der Waals surface area contributed by atoms with Gasteiger partial charge < -0.3 is 14.8 Å². The minimum Gasteiger partial charge on any atom is -0.493 e. The van der Waals surface area contributed by atoms with Crippen LogP contribution in [0.3, 0.4) is 0 Å². The van der Waals surface area contributed by atoms with Gasteiger partial charge in [-0.15, -0.1) is 0 Å². The fraction of sp³-hybridized carbons (Fsp3) is 0.273. The maximum absolute atomic E-state index is 13.3. The summed E-state index contributed by atoms with van der Waals surface area (Å²) in [5.74, 6) is 0.610. The Hall–Kier alpha value is -3.35. The number of benzene rings is 2. The first-order chi connectivity index (χ1) is 14.0. The number of nitrogens with one attached hydrogen (secondary N) is 1. The molecule has 0 spiro atoms. The fourth-order valence-electron chi connectivity index (χ4n) is 3.31. The molecule has 2 aromatic carbocycles. The van der Waals surface area contributed by atoms with E-state index in [0.29, 0.717) is 29.2 Å². The summed E-state index contributed by atoms with van der Waals surface area (Å²) in [6.45, 7) is 1.97. The van der Waals surface area contributed by atoms with Gasteiger partial charge in [0.2, 0.25) is 0 Å². The van der Waals surface area contributed by atoms with Crippen LogP contribution in [0.25, 0.3) is 0 Å². The molecule has 152 valence electrons. The molecule has 7 heteroatoms. The quantitative estimate of drug-likeness (QED) is 0.807. The van der Waals surface area contributed by atoms with Crippen molar-refractivity contribution in [2.24, 2.45) is 0 Å². The average Bonchev–Trinajstić information content (AvgIpc) is 2.73. The number of halogens is 1. The number of anilines is 1. The Morgan fingerprint density at radius 2 is 1.83 bits per heavy atom. The lowest BCUT2D eigenvalue weighted by molar-refractivity contribution is -0.116. The second kappa shape index (κ2) is 8.77. The minimum atomic E-state index is -0.515. The molecule has 2 amide bonds. The molecule has 0 unspecified atom stereocenters. The molecule has 29 heavy (non-hydrogen) atoms. The lowest BCUT2D eigenvalue weighted by atomic mass is 9.97.